The minimum Gasteiger partial charge on any atom is -0.491 e. The molecule has 0 saturated heterocycles. The normalized spacial score (nSPS) is 12.4. The molecule has 5 heteroatoms. The van der Waals surface area contributed by atoms with Gasteiger partial charge in [-0.2, -0.15) is 0 Å². The third-order valence-electron chi connectivity index (χ3n) is 2.40. The Morgan fingerprint density at radius 2 is 1.94 bits per heavy atom. The summed E-state index contributed by atoms with van der Waals surface area (Å²) in [7, 11) is 0. The van der Waals surface area contributed by atoms with E-state index in [-0.39, 0.29) is 19.0 Å². The summed E-state index contributed by atoms with van der Waals surface area (Å²) in [5, 5.41) is 21.3. The van der Waals surface area contributed by atoms with Crippen LogP contribution in [-0.4, -0.2) is 42.6 Å². The van der Waals surface area contributed by atoms with Crippen LogP contribution < -0.4 is 10.1 Å². The molecule has 0 radical (unpaired) electrons. The summed E-state index contributed by atoms with van der Waals surface area (Å²) in [4.78, 5) is 0. The molecule has 1 aromatic rings. The Hall–Kier alpha value is -1.17. The van der Waals surface area contributed by atoms with Crippen molar-refractivity contribution in [1.82, 2.24) is 5.32 Å². The second-order valence-electron chi connectivity index (χ2n) is 4.05. The van der Waals surface area contributed by atoms with Gasteiger partial charge in [-0.15, -0.1) is 0 Å². The Balaban J connectivity index is 2.09. The van der Waals surface area contributed by atoms with Crippen molar-refractivity contribution < 1.29 is 19.3 Å². The average molecular weight is 257 g/mol. The molecule has 0 fully saturated rings. The largest absolute Gasteiger partial charge is 0.491 e. The summed E-state index contributed by atoms with van der Waals surface area (Å²) < 4.78 is 17.9. The number of ether oxygens (including phenoxy) is 1. The monoisotopic (exact) mass is 257 g/mol. The fourth-order valence-corrected chi connectivity index (χ4v) is 1.41. The summed E-state index contributed by atoms with van der Waals surface area (Å²) in [5.41, 5.74) is 0. The van der Waals surface area contributed by atoms with Crippen LogP contribution in [-0.2, 0) is 0 Å². The molecule has 0 aromatic heterocycles. The third-order valence-corrected chi connectivity index (χ3v) is 2.40. The minimum absolute atomic E-state index is 0.165. The Labute approximate surface area is 106 Å². The standard InChI is InChI=1S/C13H20FNO3/c14-11-3-5-13(6-4-11)18-10-12(17)9-15-7-1-2-8-16/h3-6,12,15-17H,1-2,7-10H2. The van der Waals surface area contributed by atoms with Crippen LogP contribution in [0.2, 0.25) is 0 Å². The number of aliphatic hydroxyl groups excluding tert-OH is 2. The van der Waals surface area contributed by atoms with E-state index in [1.165, 1.54) is 24.3 Å². The van der Waals surface area contributed by atoms with Crippen LogP contribution in [0.15, 0.2) is 24.3 Å². The Kier molecular flexibility index (Phi) is 7.32. The van der Waals surface area contributed by atoms with Gasteiger partial charge >= 0.3 is 0 Å². The maximum atomic E-state index is 12.6. The number of halogens is 1. The van der Waals surface area contributed by atoms with Crippen LogP contribution in [0.5, 0.6) is 5.75 Å². The predicted molar refractivity (Wildman–Crippen MR) is 67.1 cm³/mol. The summed E-state index contributed by atoms with van der Waals surface area (Å²) in [6, 6.07) is 5.68. The van der Waals surface area contributed by atoms with E-state index >= 15 is 0 Å². The van der Waals surface area contributed by atoms with Crippen LogP contribution in [0.25, 0.3) is 0 Å². The lowest BCUT2D eigenvalue weighted by molar-refractivity contribution is 0.106. The molecule has 4 nitrogen and oxygen atoms in total. The highest BCUT2D eigenvalue weighted by atomic mass is 19.1. The number of hydrogen-bond donors (Lipinski definition) is 3. The van der Waals surface area contributed by atoms with Gasteiger partial charge in [0.1, 0.15) is 24.3 Å². The van der Waals surface area contributed by atoms with E-state index in [0.29, 0.717) is 12.3 Å². The van der Waals surface area contributed by atoms with Gasteiger partial charge in [0.25, 0.3) is 0 Å². The highest BCUT2D eigenvalue weighted by Crippen LogP contribution is 2.11. The van der Waals surface area contributed by atoms with Crippen LogP contribution >= 0.6 is 0 Å². The molecule has 0 amide bonds. The van der Waals surface area contributed by atoms with Crippen molar-refractivity contribution in [2.24, 2.45) is 0 Å². The van der Waals surface area contributed by atoms with Gasteiger partial charge in [-0.25, -0.2) is 4.39 Å². The van der Waals surface area contributed by atoms with Gasteiger partial charge in [0.2, 0.25) is 0 Å². The predicted octanol–water partition coefficient (Wildman–Crippen LogP) is 0.927. The number of unbranched alkanes of at least 4 members (excludes halogenated alkanes) is 1. The minimum atomic E-state index is -0.607. The van der Waals surface area contributed by atoms with Crippen LogP contribution in [0, 0.1) is 5.82 Å². The van der Waals surface area contributed by atoms with Gasteiger partial charge < -0.3 is 20.3 Å². The fourth-order valence-electron chi connectivity index (χ4n) is 1.41. The summed E-state index contributed by atoms with van der Waals surface area (Å²) >= 11 is 0. The maximum absolute atomic E-state index is 12.6. The molecule has 0 aliphatic heterocycles. The Bertz CT molecular complexity index is 319. The molecule has 1 rings (SSSR count). The lowest BCUT2D eigenvalue weighted by Crippen LogP contribution is -2.32. The van der Waals surface area contributed by atoms with Gasteiger partial charge in [0, 0.05) is 13.2 Å². The number of benzene rings is 1. The third kappa shape index (κ3) is 6.54. The van der Waals surface area contributed by atoms with Crippen molar-refractivity contribution in [1.29, 1.82) is 0 Å². The second kappa shape index (κ2) is 8.85. The van der Waals surface area contributed by atoms with E-state index < -0.39 is 6.10 Å². The molecule has 0 heterocycles. The van der Waals surface area contributed by atoms with Gasteiger partial charge in [0.05, 0.1) is 0 Å². The topological polar surface area (TPSA) is 61.7 Å². The zero-order valence-corrected chi connectivity index (χ0v) is 10.3. The molecule has 18 heavy (non-hydrogen) atoms. The zero-order chi connectivity index (χ0) is 13.2. The smallest absolute Gasteiger partial charge is 0.123 e. The molecule has 102 valence electrons. The number of rotatable bonds is 9. The van der Waals surface area contributed by atoms with Crippen molar-refractivity contribution >= 4 is 0 Å². The first-order valence-electron chi connectivity index (χ1n) is 6.10. The first-order valence-corrected chi connectivity index (χ1v) is 6.10. The van der Waals surface area contributed by atoms with Crippen molar-refractivity contribution in [3.8, 4) is 5.75 Å². The van der Waals surface area contributed by atoms with Crippen molar-refractivity contribution in [3.05, 3.63) is 30.1 Å². The van der Waals surface area contributed by atoms with E-state index in [9.17, 15) is 9.50 Å². The molecule has 0 bridgehead atoms. The molecule has 1 aromatic carbocycles. The first kappa shape index (κ1) is 14.9. The van der Waals surface area contributed by atoms with Crippen LogP contribution in [0.4, 0.5) is 4.39 Å². The number of aliphatic hydroxyl groups is 2. The van der Waals surface area contributed by atoms with Crippen molar-refractivity contribution in [3.63, 3.8) is 0 Å². The van der Waals surface area contributed by atoms with E-state index in [1.807, 2.05) is 0 Å². The molecule has 0 aliphatic carbocycles. The quantitative estimate of drug-likeness (QED) is 0.576. The van der Waals surface area contributed by atoms with E-state index in [0.717, 1.165) is 19.4 Å². The lowest BCUT2D eigenvalue weighted by atomic mass is 10.3. The van der Waals surface area contributed by atoms with E-state index in [2.05, 4.69) is 5.32 Å². The Morgan fingerprint density at radius 1 is 1.22 bits per heavy atom. The molecule has 1 unspecified atom stereocenters. The molecule has 0 spiro atoms. The average Bonchev–Trinajstić information content (AvgIpc) is 2.38. The van der Waals surface area contributed by atoms with Gasteiger partial charge in [-0.1, -0.05) is 0 Å². The molecule has 1 atom stereocenters. The maximum Gasteiger partial charge on any atom is 0.123 e. The van der Waals surface area contributed by atoms with Gasteiger partial charge in [0.15, 0.2) is 0 Å². The highest BCUT2D eigenvalue weighted by molar-refractivity contribution is 5.22. The van der Waals surface area contributed by atoms with Crippen molar-refractivity contribution in [2.45, 2.75) is 18.9 Å². The summed E-state index contributed by atoms with van der Waals surface area (Å²) in [6.07, 6.45) is 1.03. The zero-order valence-electron chi connectivity index (χ0n) is 10.3. The molecule has 3 N–H and O–H groups in total. The number of hydrogen-bond acceptors (Lipinski definition) is 4. The fraction of sp³-hybridized carbons (Fsp3) is 0.538. The van der Waals surface area contributed by atoms with Crippen LogP contribution in [0.1, 0.15) is 12.8 Å². The first-order chi connectivity index (χ1) is 8.72. The number of nitrogens with one attached hydrogen (secondary N) is 1. The summed E-state index contributed by atoms with van der Waals surface area (Å²) in [6.45, 7) is 1.55. The molecular formula is C13H20FNO3. The van der Waals surface area contributed by atoms with Crippen LogP contribution in [0.3, 0.4) is 0 Å². The summed E-state index contributed by atoms with van der Waals surface area (Å²) in [5.74, 6) is 0.226. The lowest BCUT2D eigenvalue weighted by Gasteiger charge is -2.13. The Morgan fingerprint density at radius 3 is 2.61 bits per heavy atom. The second-order valence-corrected chi connectivity index (χ2v) is 4.05. The molecule has 0 saturated carbocycles. The van der Waals surface area contributed by atoms with E-state index in [1.54, 1.807) is 0 Å². The molecule has 0 aliphatic rings. The SMILES string of the molecule is OCCCCNCC(O)COc1ccc(F)cc1. The van der Waals surface area contributed by atoms with E-state index in [4.69, 9.17) is 9.84 Å². The van der Waals surface area contributed by atoms with Gasteiger partial charge in [-0.05, 0) is 43.7 Å². The van der Waals surface area contributed by atoms with Crippen molar-refractivity contribution in [2.75, 3.05) is 26.3 Å². The van der Waals surface area contributed by atoms with Gasteiger partial charge in [-0.3, -0.25) is 0 Å². The molecular weight excluding hydrogens is 237 g/mol. The highest BCUT2D eigenvalue weighted by Gasteiger charge is 2.04.